The van der Waals surface area contributed by atoms with Crippen molar-refractivity contribution >= 4 is 46.5 Å². The molecule has 2 aromatic carbocycles. The molecule has 1 atom stereocenters. The number of nitrogens with zero attached hydrogens (tertiary/aromatic N) is 4. The van der Waals surface area contributed by atoms with Crippen LogP contribution in [0, 0.1) is 13.8 Å². The summed E-state index contributed by atoms with van der Waals surface area (Å²) in [4.78, 5) is 57.7. The summed E-state index contributed by atoms with van der Waals surface area (Å²) in [6, 6.07) is 17.0. The van der Waals surface area contributed by atoms with Crippen LogP contribution in [0.3, 0.4) is 0 Å². The van der Waals surface area contributed by atoms with E-state index in [-0.39, 0.29) is 11.8 Å². The van der Waals surface area contributed by atoms with Crippen molar-refractivity contribution in [2.24, 2.45) is 0 Å². The number of allylic oxidation sites excluding steroid dienone is 1. The molecule has 1 unspecified atom stereocenters. The zero-order valence-corrected chi connectivity index (χ0v) is 33.9. The summed E-state index contributed by atoms with van der Waals surface area (Å²) in [6.45, 7) is 8.33. The Bertz CT molecular complexity index is 2390. The summed E-state index contributed by atoms with van der Waals surface area (Å²) >= 11 is 0. The molecule has 8 rings (SSSR count). The van der Waals surface area contributed by atoms with E-state index in [2.05, 4.69) is 67.9 Å². The van der Waals surface area contributed by atoms with Gasteiger partial charge in [-0.15, -0.1) is 0 Å². The first-order valence-corrected chi connectivity index (χ1v) is 21.0. The van der Waals surface area contributed by atoms with Crippen LogP contribution in [0.4, 0.5) is 17.2 Å². The number of hydrogen-bond donors (Lipinski definition) is 4. The van der Waals surface area contributed by atoms with E-state index in [1.54, 1.807) is 18.2 Å². The molecule has 2 aliphatic heterocycles. The van der Waals surface area contributed by atoms with Crippen molar-refractivity contribution < 1.29 is 23.7 Å². The van der Waals surface area contributed by atoms with Gasteiger partial charge in [0, 0.05) is 47.8 Å². The molecular formula is C46H52N8O5. The lowest BCUT2D eigenvalue weighted by atomic mass is 9.95. The van der Waals surface area contributed by atoms with E-state index in [4.69, 9.17) is 9.51 Å². The van der Waals surface area contributed by atoms with E-state index in [9.17, 15) is 19.2 Å². The van der Waals surface area contributed by atoms with Crippen LogP contribution < -0.4 is 21.3 Å². The molecule has 0 bridgehead atoms. The van der Waals surface area contributed by atoms with Crippen LogP contribution in [-0.2, 0) is 22.4 Å². The Hall–Kier alpha value is -6.24. The summed E-state index contributed by atoms with van der Waals surface area (Å²) in [5, 5.41) is 17.0. The van der Waals surface area contributed by atoms with Crippen LogP contribution in [0.15, 0.2) is 77.6 Å². The van der Waals surface area contributed by atoms with Gasteiger partial charge in [-0.1, -0.05) is 49.6 Å². The van der Waals surface area contributed by atoms with E-state index < -0.39 is 17.9 Å². The van der Waals surface area contributed by atoms with Gasteiger partial charge in [0.05, 0.1) is 22.5 Å². The normalized spacial score (nSPS) is 17.1. The third-order valence-electron chi connectivity index (χ3n) is 11.8. The molecule has 0 spiro atoms. The number of carbonyl (C=O) groups excluding carboxylic acids is 4. The van der Waals surface area contributed by atoms with Gasteiger partial charge in [0.1, 0.15) is 23.3 Å². The highest BCUT2D eigenvalue weighted by molar-refractivity contribution is 6.23. The van der Waals surface area contributed by atoms with Crippen molar-refractivity contribution in [2.45, 2.75) is 109 Å². The topological polar surface area (TPSA) is 163 Å². The highest BCUT2D eigenvalue weighted by atomic mass is 16.5. The minimum atomic E-state index is -0.834. The molecule has 13 heteroatoms. The highest BCUT2D eigenvalue weighted by Crippen LogP contribution is 2.33. The first-order chi connectivity index (χ1) is 28.6. The Morgan fingerprint density at radius 3 is 2.44 bits per heavy atom. The molecule has 5 aromatic rings. The van der Waals surface area contributed by atoms with Crippen molar-refractivity contribution in [2.75, 3.05) is 22.5 Å². The van der Waals surface area contributed by atoms with Gasteiger partial charge >= 0.3 is 0 Å². The average molecular weight is 797 g/mol. The van der Waals surface area contributed by atoms with Crippen LogP contribution in [-0.4, -0.2) is 61.7 Å². The number of amides is 4. The lowest BCUT2D eigenvalue weighted by molar-refractivity contribution is -0.125. The van der Waals surface area contributed by atoms with E-state index in [1.165, 1.54) is 37.7 Å². The maximum Gasteiger partial charge on any atom is 0.262 e. The standard InChI is InChI=1S/C46H52N8O5/c1-28-13-22-39(44(56)48-28)54-45(57)36-20-19-35(27-37(36)46(54)58)47-24-9-5-8-12-41(55)49-34-17-14-31(15-18-34)16-21-38-43(50-33-10-6-4-7-11-33)53-25-23-32(26-40(53)51-38)42-29(2)52-59-30(42)3/h14-15,17-20,23,25-27,33,39,47,50H,1,4-13,16,21-22,24H2,2-3H3,(H,48,56)(H,49,55). The molecule has 1 aliphatic carbocycles. The SMILES string of the molecule is C=C1CCC(N2C(=O)c3ccc(NCCCCCC(=O)Nc4ccc(CCc5nc6cc(-c7c(C)noc7C)ccn6c5NC5CCCCC5)cc4)cc3C2=O)C(=O)N1. The molecule has 0 radical (unpaired) electrons. The molecule has 4 amide bonds. The summed E-state index contributed by atoms with van der Waals surface area (Å²) < 4.78 is 7.62. The molecule has 5 heterocycles. The maximum absolute atomic E-state index is 13.2. The Morgan fingerprint density at radius 2 is 1.68 bits per heavy atom. The second-order valence-electron chi connectivity index (χ2n) is 16.1. The van der Waals surface area contributed by atoms with Gasteiger partial charge in [0.15, 0.2) is 0 Å². The van der Waals surface area contributed by atoms with Gasteiger partial charge in [0.2, 0.25) is 11.8 Å². The third-order valence-corrected chi connectivity index (χ3v) is 11.8. The average Bonchev–Trinajstić information content (AvgIpc) is 3.84. The highest BCUT2D eigenvalue weighted by Gasteiger charge is 2.44. The van der Waals surface area contributed by atoms with Crippen molar-refractivity contribution in [1.29, 1.82) is 0 Å². The number of benzene rings is 2. The number of carbonyl (C=O) groups is 4. The monoisotopic (exact) mass is 796 g/mol. The number of rotatable bonds is 15. The van der Waals surface area contributed by atoms with Gasteiger partial charge in [-0.05, 0) is 119 Å². The fourth-order valence-corrected chi connectivity index (χ4v) is 8.63. The van der Waals surface area contributed by atoms with Crippen LogP contribution in [0.2, 0.25) is 0 Å². The predicted octanol–water partition coefficient (Wildman–Crippen LogP) is 8.14. The second kappa shape index (κ2) is 17.3. The molecular weight excluding hydrogens is 745 g/mol. The van der Waals surface area contributed by atoms with Crippen molar-refractivity contribution in [3.63, 3.8) is 0 Å². The minimum Gasteiger partial charge on any atom is -0.385 e. The lowest BCUT2D eigenvalue weighted by Crippen LogP contribution is -2.51. The van der Waals surface area contributed by atoms with Crippen molar-refractivity contribution in [1.82, 2.24) is 24.8 Å². The summed E-state index contributed by atoms with van der Waals surface area (Å²) in [6.07, 6.45) is 13.5. The molecule has 3 aromatic heterocycles. The van der Waals surface area contributed by atoms with E-state index >= 15 is 0 Å². The molecule has 2 fully saturated rings. The second-order valence-corrected chi connectivity index (χ2v) is 16.1. The molecule has 1 saturated heterocycles. The zero-order valence-electron chi connectivity index (χ0n) is 33.9. The van der Waals surface area contributed by atoms with Crippen LogP contribution in [0.5, 0.6) is 0 Å². The third kappa shape index (κ3) is 8.64. The minimum absolute atomic E-state index is 0.0212. The van der Waals surface area contributed by atoms with E-state index in [1.807, 2.05) is 26.0 Å². The molecule has 13 nitrogen and oxygen atoms in total. The largest absolute Gasteiger partial charge is 0.385 e. The first kappa shape index (κ1) is 39.6. The van der Waals surface area contributed by atoms with Gasteiger partial charge in [0.25, 0.3) is 11.8 Å². The van der Waals surface area contributed by atoms with Gasteiger partial charge in [-0.25, -0.2) is 4.98 Å². The van der Waals surface area contributed by atoms with Gasteiger partial charge in [-0.3, -0.25) is 28.5 Å². The lowest BCUT2D eigenvalue weighted by Gasteiger charge is -2.29. The van der Waals surface area contributed by atoms with Crippen LogP contribution in [0.1, 0.15) is 114 Å². The fourth-order valence-electron chi connectivity index (χ4n) is 8.63. The molecule has 3 aliphatic rings. The number of hydrogen-bond acceptors (Lipinski definition) is 9. The Balaban J connectivity index is 0.795. The number of pyridine rings is 1. The number of aryl methyl sites for hydroxylation is 4. The number of fused-ring (bicyclic) bond motifs is 2. The maximum atomic E-state index is 13.2. The van der Waals surface area contributed by atoms with Gasteiger partial charge < -0.3 is 25.8 Å². The first-order valence-electron chi connectivity index (χ1n) is 21.0. The number of aromatic nitrogens is 3. The summed E-state index contributed by atoms with van der Waals surface area (Å²) in [7, 11) is 0. The Kier molecular flexibility index (Phi) is 11.6. The smallest absolute Gasteiger partial charge is 0.262 e. The zero-order chi connectivity index (χ0) is 41.0. The predicted molar refractivity (Wildman–Crippen MR) is 227 cm³/mol. The van der Waals surface area contributed by atoms with E-state index in [0.29, 0.717) is 48.7 Å². The Labute approximate surface area is 344 Å². The van der Waals surface area contributed by atoms with Crippen molar-refractivity contribution in [3.8, 4) is 11.1 Å². The summed E-state index contributed by atoms with van der Waals surface area (Å²) in [5.74, 6) is 0.568. The molecule has 4 N–H and O–H groups in total. The number of imide groups is 1. The van der Waals surface area contributed by atoms with Gasteiger partial charge in [-0.2, -0.15) is 0 Å². The molecule has 1 saturated carbocycles. The molecule has 306 valence electrons. The number of anilines is 3. The van der Waals surface area contributed by atoms with Crippen LogP contribution >= 0.6 is 0 Å². The number of unbranched alkanes of at least 4 members (excludes halogenated alkanes) is 2. The molecule has 59 heavy (non-hydrogen) atoms. The quantitative estimate of drug-likeness (QED) is 0.0605. The number of nitrogens with one attached hydrogen (secondary N) is 4. The summed E-state index contributed by atoms with van der Waals surface area (Å²) in [5.41, 5.74) is 8.75. The fraction of sp³-hybridized carbons (Fsp3) is 0.391. The number of piperidine rings is 1. The van der Waals surface area contributed by atoms with Crippen molar-refractivity contribution in [3.05, 3.63) is 107 Å². The number of imidazole rings is 1. The van der Waals surface area contributed by atoms with E-state index in [0.717, 1.165) is 88.1 Å². The van der Waals surface area contributed by atoms with Crippen LogP contribution in [0.25, 0.3) is 16.8 Å². The Morgan fingerprint density at radius 1 is 0.898 bits per heavy atom.